The van der Waals surface area contributed by atoms with Crippen molar-refractivity contribution in [3.8, 4) is 11.8 Å². The Bertz CT molecular complexity index is 1590. The van der Waals surface area contributed by atoms with Crippen LogP contribution in [0.25, 0.3) is 17.0 Å². The Kier molecular flexibility index (Phi) is 11.6. The van der Waals surface area contributed by atoms with Crippen LogP contribution in [0.3, 0.4) is 0 Å². The number of nitrogens with zero attached hydrogens (tertiary/aromatic N) is 2. The first-order chi connectivity index (χ1) is 20.3. The highest BCUT2D eigenvalue weighted by atomic mass is 16.2. The molecule has 2 heterocycles. The van der Waals surface area contributed by atoms with Crippen molar-refractivity contribution in [2.24, 2.45) is 5.73 Å². The number of carbonyl (C=O) groups is 1. The second-order valence-electron chi connectivity index (χ2n) is 9.48. The molecule has 0 aliphatic carbocycles. The van der Waals surface area contributed by atoms with Crippen LogP contribution in [0.2, 0.25) is 0 Å². The highest BCUT2D eigenvalue weighted by Crippen LogP contribution is 2.24. The smallest absolute Gasteiger partial charge is 0.242 e. The Morgan fingerprint density at radius 3 is 2.36 bits per heavy atom. The number of carbonyl (C=O) groups excluding carboxylic acids is 1. The first-order valence-corrected chi connectivity index (χ1v) is 13.7. The van der Waals surface area contributed by atoms with Crippen LogP contribution in [0.15, 0.2) is 104 Å². The van der Waals surface area contributed by atoms with Gasteiger partial charge in [0.25, 0.3) is 0 Å². The zero-order valence-electron chi connectivity index (χ0n) is 24.8. The molecule has 1 unspecified atom stereocenters. The summed E-state index contributed by atoms with van der Waals surface area (Å²) < 4.78 is 0. The predicted molar refractivity (Wildman–Crippen MR) is 175 cm³/mol. The third-order valence-corrected chi connectivity index (χ3v) is 6.48. The number of aromatic nitrogens is 2. The number of allylic oxidation sites excluding steroid dienone is 6. The van der Waals surface area contributed by atoms with Crippen molar-refractivity contribution < 1.29 is 4.79 Å². The van der Waals surface area contributed by atoms with Crippen LogP contribution in [0.1, 0.15) is 55.6 Å². The lowest BCUT2D eigenvalue weighted by Crippen LogP contribution is -2.35. The summed E-state index contributed by atoms with van der Waals surface area (Å²) in [5.74, 6) is 6.61. The van der Waals surface area contributed by atoms with Gasteiger partial charge in [0, 0.05) is 35.3 Å². The van der Waals surface area contributed by atoms with Gasteiger partial charge in [-0.15, -0.1) is 0 Å². The fourth-order valence-electron chi connectivity index (χ4n) is 3.72. The second kappa shape index (κ2) is 15.6. The maximum absolute atomic E-state index is 12.6. The van der Waals surface area contributed by atoms with Crippen molar-refractivity contribution in [2.75, 3.05) is 12.4 Å². The third kappa shape index (κ3) is 8.65. The van der Waals surface area contributed by atoms with Crippen molar-refractivity contribution in [3.63, 3.8) is 0 Å². The van der Waals surface area contributed by atoms with Crippen LogP contribution < -0.4 is 21.7 Å². The number of hydrogen-bond donors (Lipinski definition) is 4. The average molecular weight is 559 g/mol. The zero-order chi connectivity index (χ0) is 30.5. The lowest BCUT2D eigenvalue weighted by atomic mass is 10.0. The molecule has 7 heteroatoms. The topological polar surface area (TPSA) is 105 Å². The molecule has 5 N–H and O–H groups in total. The quantitative estimate of drug-likeness (QED) is 0.183. The highest BCUT2D eigenvalue weighted by Gasteiger charge is 2.16. The summed E-state index contributed by atoms with van der Waals surface area (Å²) in [5, 5.41) is 9.15. The lowest BCUT2D eigenvalue weighted by molar-refractivity contribution is -0.117. The lowest BCUT2D eigenvalue weighted by Gasteiger charge is -2.16. The molecule has 0 radical (unpaired) electrons. The van der Waals surface area contributed by atoms with Gasteiger partial charge < -0.3 is 21.7 Å². The number of pyridine rings is 2. The first kappa shape index (κ1) is 31.3. The van der Waals surface area contributed by atoms with Crippen LogP contribution >= 0.6 is 0 Å². The van der Waals surface area contributed by atoms with E-state index in [0.717, 1.165) is 27.8 Å². The molecule has 0 spiro atoms. The van der Waals surface area contributed by atoms with Gasteiger partial charge in [0.15, 0.2) is 0 Å². The molecule has 1 amide bonds. The van der Waals surface area contributed by atoms with E-state index in [-0.39, 0.29) is 5.91 Å². The zero-order valence-corrected chi connectivity index (χ0v) is 24.8. The van der Waals surface area contributed by atoms with Crippen molar-refractivity contribution in [1.29, 1.82) is 0 Å². The maximum atomic E-state index is 12.6. The van der Waals surface area contributed by atoms with E-state index in [1.165, 1.54) is 0 Å². The summed E-state index contributed by atoms with van der Waals surface area (Å²) in [6.45, 7) is 11.8. The molecular formula is C35H38N6O. The second-order valence-corrected chi connectivity index (χ2v) is 9.48. The van der Waals surface area contributed by atoms with Gasteiger partial charge in [-0.05, 0) is 94.3 Å². The molecule has 42 heavy (non-hydrogen) atoms. The molecule has 0 aliphatic rings. The molecule has 7 nitrogen and oxygen atoms in total. The van der Waals surface area contributed by atoms with Crippen LogP contribution in [-0.4, -0.2) is 29.0 Å². The van der Waals surface area contributed by atoms with Gasteiger partial charge in [-0.1, -0.05) is 48.4 Å². The largest absolute Gasteiger partial charge is 0.397 e. The minimum atomic E-state index is -0.392. The Morgan fingerprint density at radius 2 is 1.71 bits per heavy atom. The molecule has 1 aromatic carbocycles. The van der Waals surface area contributed by atoms with Crippen molar-refractivity contribution in [1.82, 2.24) is 20.6 Å². The van der Waals surface area contributed by atoms with Gasteiger partial charge in [-0.25, -0.2) is 4.98 Å². The molecule has 0 saturated carbocycles. The van der Waals surface area contributed by atoms with Crippen LogP contribution in [0.5, 0.6) is 0 Å². The summed E-state index contributed by atoms with van der Waals surface area (Å²) in [6, 6.07) is 14.7. The first-order valence-electron chi connectivity index (χ1n) is 13.7. The normalized spacial score (nSPS) is 12.8. The highest BCUT2D eigenvalue weighted by molar-refractivity contribution is 5.94. The number of anilines is 1. The number of benzene rings is 1. The molecule has 214 valence electrons. The molecule has 3 rings (SSSR count). The van der Waals surface area contributed by atoms with E-state index >= 15 is 0 Å². The number of nitrogens with two attached hydrogens (primary N) is 1. The summed E-state index contributed by atoms with van der Waals surface area (Å²) in [5.41, 5.74) is 13.6. The average Bonchev–Trinajstić information content (AvgIpc) is 3.02. The fourth-order valence-corrected chi connectivity index (χ4v) is 3.72. The monoisotopic (exact) mass is 558 g/mol. The molecule has 2 aromatic heterocycles. The Labute approximate surface area is 249 Å². The summed E-state index contributed by atoms with van der Waals surface area (Å²) in [6.07, 6.45) is 13.1. The van der Waals surface area contributed by atoms with Gasteiger partial charge in [-0.2, -0.15) is 0 Å². The van der Waals surface area contributed by atoms with Gasteiger partial charge in [-0.3, -0.25) is 9.78 Å². The molecule has 3 aromatic rings. The standard InChI is InChI=1S/C35H38N6O/c1-7-9-25(4)28-13-10-27(11-14-28)12-16-31-30(15-17-32(40-31)41-35(42)26(5)37-6)34(39-23-18-24(3)8-2)33(36)29-19-21-38-22-20-29/h7-11,13-15,17-23,26,37,39H,4,36H2,1-3,5-6H3,(H,40,41,42)/b9-7-,23-18-,24-8-,34-33-. The van der Waals surface area contributed by atoms with E-state index in [1.54, 1.807) is 32.4 Å². The predicted octanol–water partition coefficient (Wildman–Crippen LogP) is 5.87. The summed E-state index contributed by atoms with van der Waals surface area (Å²) in [7, 11) is 1.73. The molecule has 0 fully saturated rings. The molecule has 1 atom stereocenters. The number of likely N-dealkylation sites (N-methyl/N-ethyl adjacent to an activating group) is 1. The van der Waals surface area contributed by atoms with Crippen LogP contribution in [0, 0.1) is 11.8 Å². The molecule has 0 bridgehead atoms. The van der Waals surface area contributed by atoms with E-state index in [4.69, 9.17) is 10.7 Å². The SMILES string of the molecule is C=C(/C=C\C)c1ccc(C#Cc2nc(NC(=O)C(C)NC)ccc2/C(N/C=C\C(C)=C/C)=C(/N)c2ccncc2)cc1. The van der Waals surface area contributed by atoms with Crippen LogP contribution in [-0.2, 0) is 4.79 Å². The minimum Gasteiger partial charge on any atom is -0.397 e. The molecule has 0 saturated heterocycles. The molecule has 0 aliphatic heterocycles. The number of amides is 1. The van der Waals surface area contributed by atoms with Gasteiger partial charge in [0.1, 0.15) is 11.5 Å². The van der Waals surface area contributed by atoms with Crippen molar-refractivity contribution in [3.05, 3.63) is 132 Å². The van der Waals surface area contributed by atoms with E-state index < -0.39 is 6.04 Å². The number of hydrogen-bond acceptors (Lipinski definition) is 6. The van der Waals surface area contributed by atoms with Crippen LogP contribution in [0.4, 0.5) is 5.82 Å². The van der Waals surface area contributed by atoms with E-state index in [9.17, 15) is 4.79 Å². The van der Waals surface area contributed by atoms with E-state index in [1.807, 2.05) is 93.7 Å². The number of rotatable bonds is 10. The Hall–Kier alpha value is -5.19. The third-order valence-electron chi connectivity index (χ3n) is 6.48. The van der Waals surface area contributed by atoms with Gasteiger partial charge in [0.2, 0.25) is 5.91 Å². The van der Waals surface area contributed by atoms with Crippen molar-refractivity contribution >= 4 is 28.7 Å². The van der Waals surface area contributed by atoms with Gasteiger partial charge >= 0.3 is 0 Å². The number of nitrogens with one attached hydrogen (secondary N) is 3. The summed E-state index contributed by atoms with van der Waals surface area (Å²) in [4.78, 5) is 21.4. The Balaban J connectivity index is 2.15. The molecular weight excluding hydrogens is 520 g/mol. The minimum absolute atomic E-state index is 0.205. The summed E-state index contributed by atoms with van der Waals surface area (Å²) >= 11 is 0. The Morgan fingerprint density at radius 1 is 1.00 bits per heavy atom. The van der Waals surface area contributed by atoms with E-state index in [2.05, 4.69) is 39.4 Å². The van der Waals surface area contributed by atoms with E-state index in [0.29, 0.717) is 28.5 Å². The van der Waals surface area contributed by atoms with Crippen molar-refractivity contribution in [2.45, 2.75) is 33.7 Å². The maximum Gasteiger partial charge on any atom is 0.242 e. The fraction of sp³-hybridized carbons (Fsp3) is 0.171. The van der Waals surface area contributed by atoms with Gasteiger partial charge in [0.05, 0.1) is 17.4 Å².